The highest BCUT2D eigenvalue weighted by molar-refractivity contribution is 5.62. The molecular formula is C14H15N2O. The number of rotatable bonds is 4. The van der Waals surface area contributed by atoms with Crippen LogP contribution in [0.15, 0.2) is 60.7 Å². The van der Waals surface area contributed by atoms with Gasteiger partial charge in [0, 0.05) is 24.1 Å². The molecule has 0 heterocycles. The SMILES string of the molecule is OCCN(c1ccccc1)c1ccccc1.[N]. The van der Waals surface area contributed by atoms with Crippen molar-refractivity contribution in [2.75, 3.05) is 18.1 Å². The van der Waals surface area contributed by atoms with Crippen LogP contribution in [0, 0.1) is 0 Å². The van der Waals surface area contributed by atoms with Crippen LogP contribution in [0.1, 0.15) is 0 Å². The quantitative estimate of drug-likeness (QED) is 0.871. The van der Waals surface area contributed by atoms with Gasteiger partial charge in [0.2, 0.25) is 0 Å². The van der Waals surface area contributed by atoms with E-state index in [4.69, 9.17) is 5.11 Å². The maximum Gasteiger partial charge on any atom is 0.0610 e. The number of anilines is 2. The Bertz CT molecular complexity index is 377. The topological polar surface area (TPSA) is 54.0 Å². The van der Waals surface area contributed by atoms with Gasteiger partial charge in [0.25, 0.3) is 0 Å². The Labute approximate surface area is 102 Å². The fourth-order valence-electron chi connectivity index (χ4n) is 1.72. The van der Waals surface area contributed by atoms with E-state index < -0.39 is 0 Å². The van der Waals surface area contributed by atoms with Crippen LogP contribution >= 0.6 is 0 Å². The van der Waals surface area contributed by atoms with Gasteiger partial charge < -0.3 is 10.0 Å². The van der Waals surface area contributed by atoms with Crippen molar-refractivity contribution in [3.05, 3.63) is 60.7 Å². The number of hydrogen-bond acceptors (Lipinski definition) is 2. The van der Waals surface area contributed by atoms with Crippen molar-refractivity contribution in [1.29, 1.82) is 0 Å². The summed E-state index contributed by atoms with van der Waals surface area (Å²) in [6.07, 6.45) is 0. The fourth-order valence-corrected chi connectivity index (χ4v) is 1.72. The molecule has 0 aliphatic rings. The first-order valence-electron chi connectivity index (χ1n) is 5.40. The number of hydrogen-bond donors (Lipinski definition) is 1. The summed E-state index contributed by atoms with van der Waals surface area (Å²) in [4.78, 5) is 2.10. The lowest BCUT2D eigenvalue weighted by Gasteiger charge is -2.23. The van der Waals surface area contributed by atoms with Crippen LogP contribution in [0.3, 0.4) is 0 Å². The summed E-state index contributed by atoms with van der Waals surface area (Å²) in [6, 6.07) is 20.2. The molecule has 0 atom stereocenters. The minimum Gasteiger partial charge on any atom is -0.395 e. The summed E-state index contributed by atoms with van der Waals surface area (Å²) in [5.41, 5.74) is 2.20. The number of aliphatic hydroxyl groups excluding tert-OH is 1. The highest BCUT2D eigenvalue weighted by Crippen LogP contribution is 2.23. The van der Waals surface area contributed by atoms with Gasteiger partial charge in [0.15, 0.2) is 0 Å². The summed E-state index contributed by atoms with van der Waals surface area (Å²) in [5, 5.41) is 9.12. The van der Waals surface area contributed by atoms with Crippen LogP contribution in [0.2, 0.25) is 0 Å². The zero-order chi connectivity index (χ0) is 11.2. The van der Waals surface area contributed by atoms with Crippen LogP contribution in [0.5, 0.6) is 0 Å². The highest BCUT2D eigenvalue weighted by atomic mass is 16.3. The standard InChI is InChI=1S/C14H15NO.N/c16-12-11-15(13-7-3-1-4-8-13)14-9-5-2-6-10-14;/h1-10,16H,11-12H2;. The lowest BCUT2D eigenvalue weighted by molar-refractivity contribution is 0.305. The van der Waals surface area contributed by atoms with Gasteiger partial charge >= 0.3 is 0 Å². The zero-order valence-electron chi connectivity index (χ0n) is 9.53. The molecule has 1 N–H and O–H groups in total. The maximum absolute atomic E-state index is 9.12. The second-order valence-electron chi connectivity index (χ2n) is 3.55. The number of nitrogens with zero attached hydrogens (tertiary/aromatic N) is 2. The van der Waals surface area contributed by atoms with Gasteiger partial charge in [-0.05, 0) is 24.3 Å². The molecule has 3 heteroatoms. The van der Waals surface area contributed by atoms with Crippen molar-refractivity contribution in [2.24, 2.45) is 0 Å². The van der Waals surface area contributed by atoms with Crippen molar-refractivity contribution < 1.29 is 5.11 Å². The Balaban J connectivity index is 0.00000144. The van der Waals surface area contributed by atoms with E-state index in [2.05, 4.69) is 4.90 Å². The van der Waals surface area contributed by atoms with Crippen molar-refractivity contribution >= 4 is 11.4 Å². The van der Waals surface area contributed by atoms with E-state index in [1.165, 1.54) is 0 Å². The van der Waals surface area contributed by atoms with E-state index >= 15 is 0 Å². The lowest BCUT2D eigenvalue weighted by atomic mass is 10.2. The van der Waals surface area contributed by atoms with E-state index in [0.717, 1.165) is 11.4 Å². The molecule has 3 nitrogen and oxygen atoms in total. The molecule has 2 rings (SSSR count). The molecule has 0 fully saturated rings. The summed E-state index contributed by atoms with van der Waals surface area (Å²) in [5.74, 6) is 0. The fraction of sp³-hybridized carbons (Fsp3) is 0.143. The van der Waals surface area contributed by atoms with Crippen molar-refractivity contribution in [2.45, 2.75) is 0 Å². The Kier molecular flexibility index (Phi) is 5.20. The van der Waals surface area contributed by atoms with Crippen LogP contribution < -0.4 is 11.1 Å². The molecule has 0 bridgehead atoms. The van der Waals surface area contributed by atoms with Gasteiger partial charge in [0.1, 0.15) is 0 Å². The Morgan fingerprint density at radius 2 is 1.18 bits per heavy atom. The van der Waals surface area contributed by atoms with Crippen molar-refractivity contribution in [1.82, 2.24) is 6.15 Å². The second-order valence-corrected chi connectivity index (χ2v) is 3.55. The Morgan fingerprint density at radius 1 is 0.765 bits per heavy atom. The maximum atomic E-state index is 9.12. The van der Waals surface area contributed by atoms with Crippen molar-refractivity contribution in [3.63, 3.8) is 0 Å². The zero-order valence-corrected chi connectivity index (χ0v) is 9.53. The number of aliphatic hydroxyl groups is 1. The first kappa shape index (κ1) is 13.2. The third-order valence-electron chi connectivity index (χ3n) is 2.46. The summed E-state index contributed by atoms with van der Waals surface area (Å²) in [7, 11) is 0. The lowest BCUT2D eigenvalue weighted by Crippen LogP contribution is -2.20. The molecule has 0 unspecified atom stereocenters. The average Bonchev–Trinajstić information content (AvgIpc) is 2.38. The Hall–Kier alpha value is -1.84. The van der Waals surface area contributed by atoms with E-state index in [0.29, 0.717) is 6.54 Å². The van der Waals surface area contributed by atoms with E-state index in [-0.39, 0.29) is 12.8 Å². The van der Waals surface area contributed by atoms with Gasteiger partial charge in [0.05, 0.1) is 6.61 Å². The average molecular weight is 227 g/mol. The molecule has 0 aromatic heterocycles. The summed E-state index contributed by atoms with van der Waals surface area (Å²) < 4.78 is 0. The monoisotopic (exact) mass is 227 g/mol. The molecule has 17 heavy (non-hydrogen) atoms. The van der Waals surface area contributed by atoms with Gasteiger partial charge in [-0.3, -0.25) is 0 Å². The highest BCUT2D eigenvalue weighted by Gasteiger charge is 2.06. The molecule has 0 saturated carbocycles. The van der Waals surface area contributed by atoms with Gasteiger partial charge in [-0.15, -0.1) is 0 Å². The third-order valence-corrected chi connectivity index (χ3v) is 2.46. The molecule has 0 amide bonds. The van der Waals surface area contributed by atoms with Gasteiger partial charge in [-0.2, -0.15) is 0 Å². The molecule has 2 aromatic rings. The molecule has 0 aliphatic heterocycles. The van der Waals surface area contributed by atoms with Gasteiger partial charge in [-0.25, -0.2) is 0 Å². The molecule has 3 radical (unpaired) electrons. The molecule has 2 aromatic carbocycles. The first-order chi connectivity index (χ1) is 7.92. The molecule has 0 saturated heterocycles. The minimum absolute atomic E-state index is 0. The van der Waals surface area contributed by atoms with Crippen molar-refractivity contribution in [3.8, 4) is 0 Å². The van der Waals surface area contributed by atoms with Crippen LogP contribution in [0.4, 0.5) is 11.4 Å². The molecule has 87 valence electrons. The number of para-hydroxylation sites is 2. The molecule has 0 aliphatic carbocycles. The normalized spacial score (nSPS) is 9.47. The summed E-state index contributed by atoms with van der Waals surface area (Å²) >= 11 is 0. The summed E-state index contributed by atoms with van der Waals surface area (Å²) in [6.45, 7) is 0.748. The van der Waals surface area contributed by atoms with E-state index in [1.54, 1.807) is 0 Å². The third kappa shape index (κ3) is 3.31. The first-order valence-corrected chi connectivity index (χ1v) is 5.40. The number of benzene rings is 2. The predicted octanol–water partition coefficient (Wildman–Crippen LogP) is 2.34. The minimum atomic E-state index is 0. The largest absolute Gasteiger partial charge is 0.395 e. The van der Waals surface area contributed by atoms with Gasteiger partial charge in [-0.1, -0.05) is 36.4 Å². The second kappa shape index (κ2) is 6.68. The smallest absolute Gasteiger partial charge is 0.0610 e. The predicted molar refractivity (Wildman–Crippen MR) is 69.1 cm³/mol. The molecular weight excluding hydrogens is 212 g/mol. The molecule has 0 spiro atoms. The van der Waals surface area contributed by atoms with Crippen LogP contribution in [-0.2, 0) is 0 Å². The Morgan fingerprint density at radius 3 is 1.53 bits per heavy atom. The van der Waals surface area contributed by atoms with Crippen LogP contribution in [-0.4, -0.2) is 18.3 Å². The van der Waals surface area contributed by atoms with Crippen LogP contribution in [0.25, 0.3) is 0 Å². The van der Waals surface area contributed by atoms with E-state index in [9.17, 15) is 0 Å². The van der Waals surface area contributed by atoms with E-state index in [1.807, 2.05) is 60.7 Å².